The summed E-state index contributed by atoms with van der Waals surface area (Å²) in [6.07, 6.45) is 3.25. The van der Waals surface area contributed by atoms with E-state index in [1.165, 1.54) is 6.07 Å². The van der Waals surface area contributed by atoms with Gasteiger partial charge in [-0.25, -0.2) is 4.98 Å². The molecule has 2 aromatic heterocycles. The molecule has 1 aliphatic rings. The van der Waals surface area contributed by atoms with Crippen LogP contribution in [0.15, 0.2) is 52.3 Å². The lowest BCUT2D eigenvalue weighted by Gasteiger charge is -2.32. The van der Waals surface area contributed by atoms with Gasteiger partial charge in [0.25, 0.3) is 11.5 Å². The summed E-state index contributed by atoms with van der Waals surface area (Å²) in [5, 5.41) is 0.755. The monoisotopic (exact) mass is 420 g/mol. The number of nitrogens with one attached hydrogen (secondary N) is 1. The van der Waals surface area contributed by atoms with Gasteiger partial charge in [0.05, 0.1) is 17.6 Å². The van der Waals surface area contributed by atoms with E-state index < -0.39 is 0 Å². The van der Waals surface area contributed by atoms with E-state index in [1.807, 2.05) is 39.0 Å². The van der Waals surface area contributed by atoms with Crippen LogP contribution in [0.2, 0.25) is 0 Å². The van der Waals surface area contributed by atoms with Crippen LogP contribution in [-0.4, -0.2) is 38.4 Å². The van der Waals surface area contributed by atoms with Crippen molar-refractivity contribution < 1.29 is 4.79 Å². The molecular weight excluding hydrogens is 392 g/mol. The van der Waals surface area contributed by atoms with E-state index in [1.54, 1.807) is 27.9 Å². The van der Waals surface area contributed by atoms with Gasteiger partial charge in [-0.2, -0.15) is 0 Å². The maximum absolute atomic E-state index is 13.1. The van der Waals surface area contributed by atoms with Gasteiger partial charge >= 0.3 is 0 Å². The second-order valence-electron chi connectivity index (χ2n) is 9.34. The van der Waals surface area contributed by atoms with Gasteiger partial charge in [0.2, 0.25) is 5.56 Å². The van der Waals surface area contributed by atoms with Crippen LogP contribution in [0.4, 0.5) is 0 Å². The highest BCUT2D eigenvalue weighted by atomic mass is 16.2. The Bertz CT molecular complexity index is 1230. The number of aromatic nitrogens is 3. The molecule has 0 bridgehead atoms. The number of hydrogen-bond acceptors (Lipinski definition) is 4. The molecule has 1 amide bonds. The molecule has 162 valence electrons. The molecule has 0 atom stereocenters. The SMILES string of the molecule is CC(C)(C)c1cc(=O)n(CC2CCN(C(=O)c3cc(=O)[nH]c4ccccc34)CC2)cn1. The number of nitrogens with zero attached hydrogens (tertiary/aromatic N) is 3. The quantitative estimate of drug-likeness (QED) is 0.706. The average Bonchev–Trinajstić information content (AvgIpc) is 2.74. The lowest BCUT2D eigenvalue weighted by molar-refractivity contribution is 0.0684. The Morgan fingerprint density at radius 3 is 2.52 bits per heavy atom. The summed E-state index contributed by atoms with van der Waals surface area (Å²) in [5.74, 6) is 0.189. The van der Waals surface area contributed by atoms with E-state index in [0.717, 1.165) is 23.9 Å². The van der Waals surface area contributed by atoms with Crippen LogP contribution >= 0.6 is 0 Å². The van der Waals surface area contributed by atoms with Crippen molar-refractivity contribution in [1.29, 1.82) is 0 Å². The Hall–Kier alpha value is -3.22. The minimum absolute atomic E-state index is 0.0339. The van der Waals surface area contributed by atoms with E-state index in [4.69, 9.17) is 0 Å². The lowest BCUT2D eigenvalue weighted by Crippen LogP contribution is -2.40. The summed E-state index contributed by atoms with van der Waals surface area (Å²) < 4.78 is 1.67. The minimum Gasteiger partial charge on any atom is -0.339 e. The first-order valence-corrected chi connectivity index (χ1v) is 10.7. The number of para-hydroxylation sites is 1. The van der Waals surface area contributed by atoms with Gasteiger partial charge in [-0.05, 0) is 24.8 Å². The predicted octanol–water partition coefficient (Wildman–Crippen LogP) is 2.93. The molecule has 1 fully saturated rings. The predicted molar refractivity (Wildman–Crippen MR) is 120 cm³/mol. The van der Waals surface area contributed by atoms with Crippen molar-refractivity contribution in [2.45, 2.75) is 45.6 Å². The summed E-state index contributed by atoms with van der Waals surface area (Å²) in [6, 6.07) is 10.4. The number of H-pyrrole nitrogens is 1. The molecule has 0 unspecified atom stereocenters. The number of benzene rings is 1. The third-order valence-corrected chi connectivity index (χ3v) is 5.99. The summed E-state index contributed by atoms with van der Waals surface area (Å²) >= 11 is 0. The third kappa shape index (κ3) is 4.45. The molecule has 0 aliphatic carbocycles. The molecule has 31 heavy (non-hydrogen) atoms. The van der Waals surface area contributed by atoms with Crippen molar-refractivity contribution >= 4 is 16.8 Å². The van der Waals surface area contributed by atoms with Crippen molar-refractivity contribution in [3.8, 4) is 0 Å². The molecule has 0 radical (unpaired) electrons. The maximum atomic E-state index is 13.1. The first kappa shape index (κ1) is 21.0. The van der Waals surface area contributed by atoms with Crippen LogP contribution < -0.4 is 11.1 Å². The number of hydrogen-bond donors (Lipinski definition) is 1. The van der Waals surface area contributed by atoms with Crippen molar-refractivity contribution in [1.82, 2.24) is 19.4 Å². The normalized spacial score (nSPS) is 15.4. The Labute approximate surface area is 180 Å². The summed E-state index contributed by atoms with van der Waals surface area (Å²) in [4.78, 5) is 46.7. The molecule has 0 saturated carbocycles. The Morgan fingerprint density at radius 1 is 1.13 bits per heavy atom. The van der Waals surface area contributed by atoms with Crippen LogP contribution in [0.25, 0.3) is 10.9 Å². The standard InChI is InChI=1S/C24H28N4O3/c1-24(2,3)20-13-22(30)28(15-25-20)14-16-8-10-27(11-9-16)23(31)18-12-21(29)26-19-7-5-4-6-17(18)19/h4-7,12-13,15-16H,8-11,14H2,1-3H3,(H,26,29). The van der Waals surface area contributed by atoms with Crippen LogP contribution in [0, 0.1) is 5.92 Å². The molecule has 0 spiro atoms. The largest absolute Gasteiger partial charge is 0.339 e. The highest BCUT2D eigenvalue weighted by molar-refractivity contribution is 6.05. The Morgan fingerprint density at radius 2 is 1.84 bits per heavy atom. The molecule has 1 aromatic carbocycles. The zero-order chi connectivity index (χ0) is 22.2. The molecule has 7 heteroatoms. The van der Waals surface area contributed by atoms with Gasteiger partial charge < -0.3 is 9.88 Å². The molecule has 7 nitrogen and oxygen atoms in total. The van der Waals surface area contributed by atoms with Gasteiger partial charge in [0, 0.05) is 48.1 Å². The van der Waals surface area contributed by atoms with Gasteiger partial charge in [0.15, 0.2) is 0 Å². The molecule has 3 aromatic rings. The molecule has 1 aliphatic heterocycles. The molecule has 1 saturated heterocycles. The number of carbonyl (C=O) groups excluding carboxylic acids is 1. The zero-order valence-electron chi connectivity index (χ0n) is 18.2. The van der Waals surface area contributed by atoms with Crippen LogP contribution in [0.1, 0.15) is 49.7 Å². The number of rotatable bonds is 3. The number of aromatic amines is 1. The summed E-state index contributed by atoms with van der Waals surface area (Å²) in [6.45, 7) is 7.92. The van der Waals surface area contributed by atoms with Gasteiger partial charge in [-0.15, -0.1) is 0 Å². The fourth-order valence-corrected chi connectivity index (χ4v) is 4.12. The number of pyridine rings is 1. The minimum atomic E-state index is -0.275. The fourth-order valence-electron chi connectivity index (χ4n) is 4.12. The highest BCUT2D eigenvalue weighted by Crippen LogP contribution is 2.23. The number of piperidine rings is 1. The first-order valence-electron chi connectivity index (χ1n) is 10.7. The second-order valence-corrected chi connectivity index (χ2v) is 9.34. The van der Waals surface area contributed by atoms with E-state index in [9.17, 15) is 14.4 Å². The number of carbonyl (C=O) groups is 1. The van der Waals surface area contributed by atoms with Crippen molar-refractivity contribution in [2.75, 3.05) is 13.1 Å². The van der Waals surface area contributed by atoms with Gasteiger partial charge in [-0.1, -0.05) is 39.0 Å². The van der Waals surface area contributed by atoms with Crippen LogP contribution in [0.3, 0.4) is 0 Å². The van der Waals surface area contributed by atoms with E-state index in [-0.39, 0.29) is 22.4 Å². The molecule has 3 heterocycles. The van der Waals surface area contributed by atoms with Gasteiger partial charge in [0.1, 0.15) is 0 Å². The van der Waals surface area contributed by atoms with E-state index in [2.05, 4.69) is 9.97 Å². The molecule has 4 rings (SSSR count). The second kappa shape index (κ2) is 8.13. The van der Waals surface area contributed by atoms with Crippen molar-refractivity contribution in [3.05, 3.63) is 74.7 Å². The Kier molecular flexibility index (Phi) is 5.52. The lowest BCUT2D eigenvalue weighted by atomic mass is 9.92. The van der Waals surface area contributed by atoms with Gasteiger partial charge in [-0.3, -0.25) is 19.0 Å². The van der Waals surface area contributed by atoms with E-state index in [0.29, 0.717) is 36.6 Å². The number of fused-ring (bicyclic) bond motifs is 1. The zero-order valence-corrected chi connectivity index (χ0v) is 18.2. The van der Waals surface area contributed by atoms with Crippen LogP contribution in [-0.2, 0) is 12.0 Å². The smallest absolute Gasteiger partial charge is 0.254 e. The summed E-state index contributed by atoms with van der Waals surface area (Å²) in [7, 11) is 0. The first-order chi connectivity index (χ1) is 14.7. The van der Waals surface area contributed by atoms with Crippen molar-refractivity contribution in [3.63, 3.8) is 0 Å². The topological polar surface area (TPSA) is 88.1 Å². The average molecular weight is 421 g/mol. The number of likely N-dealkylation sites (tertiary alicyclic amines) is 1. The molecular formula is C24H28N4O3. The highest BCUT2D eigenvalue weighted by Gasteiger charge is 2.26. The Balaban J connectivity index is 1.44. The third-order valence-electron chi connectivity index (χ3n) is 5.99. The maximum Gasteiger partial charge on any atom is 0.254 e. The molecule has 1 N–H and O–H groups in total. The van der Waals surface area contributed by atoms with Crippen LogP contribution in [0.5, 0.6) is 0 Å². The number of amides is 1. The fraction of sp³-hybridized carbons (Fsp3) is 0.417. The van der Waals surface area contributed by atoms with E-state index >= 15 is 0 Å². The van der Waals surface area contributed by atoms with Crippen molar-refractivity contribution in [2.24, 2.45) is 5.92 Å². The summed E-state index contributed by atoms with van der Waals surface area (Å²) in [5.41, 5.74) is 1.43.